The third-order valence-corrected chi connectivity index (χ3v) is 8.40. The van der Waals surface area contributed by atoms with E-state index in [1.54, 1.807) is 7.11 Å². The van der Waals surface area contributed by atoms with Crippen molar-refractivity contribution in [2.24, 2.45) is 11.8 Å². The maximum atomic E-state index is 13.6. The number of fused-ring (bicyclic) bond motifs is 1. The number of hydrogen-bond acceptors (Lipinski definition) is 3. The maximum absolute atomic E-state index is 13.6. The van der Waals surface area contributed by atoms with Crippen LogP contribution in [0.5, 0.6) is 5.75 Å². The van der Waals surface area contributed by atoms with E-state index in [1.165, 1.54) is 24.0 Å². The lowest BCUT2D eigenvalue weighted by molar-refractivity contribution is -0.122. The van der Waals surface area contributed by atoms with Gasteiger partial charge >= 0.3 is 0 Å². The van der Waals surface area contributed by atoms with E-state index in [1.807, 2.05) is 17.2 Å². The summed E-state index contributed by atoms with van der Waals surface area (Å²) in [6.45, 7) is 9.89. The highest BCUT2D eigenvalue weighted by molar-refractivity contribution is 5.98. The number of hydrogen-bond donors (Lipinski definition) is 0. The molecule has 1 aromatic carbocycles. The summed E-state index contributed by atoms with van der Waals surface area (Å²) in [5.41, 5.74) is 7.01. The fourth-order valence-corrected chi connectivity index (χ4v) is 5.79. The average molecular weight is 471 g/mol. The van der Waals surface area contributed by atoms with Crippen LogP contribution in [0.3, 0.4) is 0 Å². The molecule has 0 radical (unpaired) electrons. The number of likely N-dealkylation sites (N-methyl/N-ethyl adjacent to an activating group) is 1. The zero-order valence-electron chi connectivity index (χ0n) is 21.6. The Kier molecular flexibility index (Phi) is 6.84. The second-order valence-electron chi connectivity index (χ2n) is 10.5. The van der Waals surface area contributed by atoms with E-state index in [-0.39, 0.29) is 11.8 Å². The number of allylic oxidation sites excluding steroid dienone is 5. The Morgan fingerprint density at radius 3 is 2.63 bits per heavy atom. The molecule has 4 aliphatic rings. The SMILES string of the molecule is CCN1CC=C(C2=CN3C(=O)C=C(c4ccc(OC)c(C5CCC5C)c4)C(C)CC=C3C=C2)CC1. The zero-order chi connectivity index (χ0) is 24.5. The fraction of sp³-hybridized carbons (Fsp3) is 0.452. The van der Waals surface area contributed by atoms with Crippen LogP contribution in [0, 0.1) is 11.8 Å². The van der Waals surface area contributed by atoms with Crippen molar-refractivity contribution in [3.8, 4) is 5.75 Å². The molecule has 4 nitrogen and oxygen atoms in total. The van der Waals surface area contributed by atoms with Gasteiger partial charge in [-0.3, -0.25) is 14.6 Å². The molecule has 1 saturated carbocycles. The minimum absolute atomic E-state index is 0.0284. The van der Waals surface area contributed by atoms with E-state index in [4.69, 9.17) is 4.74 Å². The smallest absolute Gasteiger partial charge is 0.255 e. The molecule has 4 heteroatoms. The Labute approximate surface area is 210 Å². The van der Waals surface area contributed by atoms with Gasteiger partial charge in [-0.2, -0.15) is 0 Å². The summed E-state index contributed by atoms with van der Waals surface area (Å²) in [7, 11) is 1.75. The molecule has 0 saturated heterocycles. The summed E-state index contributed by atoms with van der Waals surface area (Å²) in [4.78, 5) is 17.9. The number of benzene rings is 1. The van der Waals surface area contributed by atoms with Gasteiger partial charge in [0.2, 0.25) is 0 Å². The number of carbonyl (C=O) groups is 1. The molecule has 1 fully saturated rings. The molecular weight excluding hydrogens is 432 g/mol. The Bertz CT molecular complexity index is 1150. The lowest BCUT2D eigenvalue weighted by Gasteiger charge is -2.35. The molecule has 3 heterocycles. The van der Waals surface area contributed by atoms with Gasteiger partial charge in [0.1, 0.15) is 5.75 Å². The topological polar surface area (TPSA) is 32.8 Å². The predicted molar refractivity (Wildman–Crippen MR) is 143 cm³/mol. The zero-order valence-corrected chi connectivity index (χ0v) is 21.6. The van der Waals surface area contributed by atoms with E-state index in [9.17, 15) is 4.79 Å². The number of ether oxygens (including phenoxy) is 1. The molecule has 0 spiro atoms. The highest BCUT2D eigenvalue weighted by Crippen LogP contribution is 2.46. The van der Waals surface area contributed by atoms with Gasteiger partial charge in [-0.15, -0.1) is 0 Å². The van der Waals surface area contributed by atoms with Crippen molar-refractivity contribution >= 4 is 11.5 Å². The molecule has 35 heavy (non-hydrogen) atoms. The van der Waals surface area contributed by atoms with Crippen molar-refractivity contribution in [3.05, 3.63) is 82.7 Å². The van der Waals surface area contributed by atoms with Crippen molar-refractivity contribution < 1.29 is 9.53 Å². The predicted octanol–water partition coefficient (Wildman–Crippen LogP) is 6.45. The second-order valence-corrected chi connectivity index (χ2v) is 10.5. The number of methoxy groups -OCH3 is 1. The molecule has 0 bridgehead atoms. The van der Waals surface area contributed by atoms with Gasteiger partial charge in [-0.25, -0.2) is 0 Å². The molecule has 184 valence electrons. The van der Waals surface area contributed by atoms with Crippen molar-refractivity contribution in [2.75, 3.05) is 26.7 Å². The van der Waals surface area contributed by atoms with E-state index in [2.05, 4.69) is 68.2 Å². The highest BCUT2D eigenvalue weighted by Gasteiger charge is 2.31. The molecular formula is C31H38N2O2. The minimum atomic E-state index is 0.0284. The van der Waals surface area contributed by atoms with Gasteiger partial charge in [0, 0.05) is 31.1 Å². The first-order valence-corrected chi connectivity index (χ1v) is 13.2. The fourth-order valence-electron chi connectivity index (χ4n) is 5.79. The van der Waals surface area contributed by atoms with Crippen molar-refractivity contribution in [1.29, 1.82) is 0 Å². The largest absolute Gasteiger partial charge is 0.496 e. The van der Waals surface area contributed by atoms with E-state index < -0.39 is 0 Å². The lowest BCUT2D eigenvalue weighted by atomic mass is 9.70. The molecule has 3 unspecified atom stereocenters. The minimum Gasteiger partial charge on any atom is -0.496 e. The molecule has 1 aliphatic carbocycles. The van der Waals surface area contributed by atoms with Gasteiger partial charge in [-0.1, -0.05) is 45.1 Å². The van der Waals surface area contributed by atoms with Crippen LogP contribution in [-0.2, 0) is 4.79 Å². The molecule has 3 atom stereocenters. The lowest BCUT2D eigenvalue weighted by Crippen LogP contribution is -2.30. The standard InChI is InChI=1S/C31H38N2O2/c1-5-32-16-14-23(15-17-32)25-8-11-26-10-6-22(3)28(19-31(34)33(26)20-25)24-9-13-30(35-4)29(18-24)27-12-7-21(27)2/h8-11,13-14,18-22,27H,5-7,12,15-17H2,1-4H3. The Morgan fingerprint density at radius 1 is 1.11 bits per heavy atom. The molecule has 5 rings (SSSR count). The molecule has 1 aromatic rings. The maximum Gasteiger partial charge on any atom is 0.255 e. The van der Waals surface area contributed by atoms with Crippen LogP contribution in [0.2, 0.25) is 0 Å². The van der Waals surface area contributed by atoms with Gasteiger partial charge < -0.3 is 4.74 Å². The third kappa shape index (κ3) is 4.69. The number of rotatable bonds is 5. The first-order valence-electron chi connectivity index (χ1n) is 13.2. The van der Waals surface area contributed by atoms with Crippen LogP contribution in [0.25, 0.3) is 5.57 Å². The van der Waals surface area contributed by atoms with Crippen LogP contribution in [0.15, 0.2) is 71.6 Å². The second kappa shape index (κ2) is 10.0. The summed E-state index contributed by atoms with van der Waals surface area (Å²) in [6, 6.07) is 6.49. The Balaban J connectivity index is 1.45. The van der Waals surface area contributed by atoms with Gasteiger partial charge in [-0.05, 0) is 96.0 Å². The van der Waals surface area contributed by atoms with Gasteiger partial charge in [0.25, 0.3) is 5.91 Å². The average Bonchev–Trinajstić information content (AvgIpc) is 2.88. The molecule has 1 amide bonds. The van der Waals surface area contributed by atoms with Gasteiger partial charge in [0.15, 0.2) is 0 Å². The molecule has 3 aliphatic heterocycles. The first kappa shape index (κ1) is 23.9. The first-order chi connectivity index (χ1) is 17.0. The Hall–Kier alpha value is -2.85. The number of nitrogens with zero attached hydrogens (tertiary/aromatic N) is 2. The molecule has 0 N–H and O–H groups in total. The van der Waals surface area contributed by atoms with Crippen molar-refractivity contribution in [3.63, 3.8) is 0 Å². The molecule has 0 aromatic heterocycles. The van der Waals surface area contributed by atoms with Crippen LogP contribution in [-0.4, -0.2) is 42.5 Å². The van der Waals surface area contributed by atoms with E-state index in [0.717, 1.165) is 60.6 Å². The number of carbonyl (C=O) groups excluding carboxylic acids is 1. The van der Waals surface area contributed by atoms with Crippen LogP contribution < -0.4 is 4.74 Å². The van der Waals surface area contributed by atoms with Crippen LogP contribution in [0.1, 0.15) is 63.5 Å². The summed E-state index contributed by atoms with van der Waals surface area (Å²) < 4.78 is 5.71. The van der Waals surface area contributed by atoms with Gasteiger partial charge in [0.05, 0.1) is 7.11 Å². The summed E-state index contributed by atoms with van der Waals surface area (Å²) in [5.74, 6) is 2.47. The highest BCUT2D eigenvalue weighted by atomic mass is 16.5. The quantitative estimate of drug-likeness (QED) is 0.496. The number of amides is 1. The van der Waals surface area contributed by atoms with E-state index >= 15 is 0 Å². The van der Waals surface area contributed by atoms with Crippen LogP contribution in [0.4, 0.5) is 0 Å². The van der Waals surface area contributed by atoms with Crippen LogP contribution >= 0.6 is 0 Å². The third-order valence-electron chi connectivity index (χ3n) is 8.40. The van der Waals surface area contributed by atoms with Crippen molar-refractivity contribution in [1.82, 2.24) is 9.80 Å². The summed E-state index contributed by atoms with van der Waals surface area (Å²) in [6.07, 6.45) is 17.1. The summed E-state index contributed by atoms with van der Waals surface area (Å²) >= 11 is 0. The monoisotopic (exact) mass is 470 g/mol. The normalized spacial score (nSPS) is 27.0. The van der Waals surface area contributed by atoms with E-state index in [0.29, 0.717) is 11.8 Å². The van der Waals surface area contributed by atoms with Crippen molar-refractivity contribution in [2.45, 2.75) is 52.4 Å². The summed E-state index contributed by atoms with van der Waals surface area (Å²) in [5, 5.41) is 0. The Morgan fingerprint density at radius 2 is 1.97 bits per heavy atom.